The number of hydrogen-bond donors (Lipinski definition) is 1. The zero-order chi connectivity index (χ0) is 14.1. The number of halogens is 2. The fourth-order valence-electron chi connectivity index (χ4n) is 2.17. The molecule has 1 heterocycles. The Bertz CT molecular complexity index is 618. The van der Waals surface area contributed by atoms with E-state index in [1.165, 1.54) is 18.9 Å². The number of nitrogens with zero attached hydrogens (tertiary/aromatic N) is 2. The van der Waals surface area contributed by atoms with Crippen molar-refractivity contribution in [2.75, 3.05) is 0 Å². The second kappa shape index (κ2) is 5.32. The summed E-state index contributed by atoms with van der Waals surface area (Å²) in [6.07, 6.45) is 4.34. The van der Waals surface area contributed by atoms with E-state index in [1.807, 2.05) is 17.8 Å². The molecule has 0 unspecified atom stereocenters. The minimum absolute atomic E-state index is 0.451. The number of aromatic nitrogens is 2. The number of benzene rings is 1. The molecule has 20 heavy (non-hydrogen) atoms. The van der Waals surface area contributed by atoms with Crippen molar-refractivity contribution in [1.29, 1.82) is 0 Å². The van der Waals surface area contributed by atoms with Gasteiger partial charge < -0.3 is 5.32 Å². The van der Waals surface area contributed by atoms with Gasteiger partial charge in [-0.2, -0.15) is 5.10 Å². The molecule has 106 valence electrons. The van der Waals surface area contributed by atoms with E-state index in [-0.39, 0.29) is 0 Å². The number of hydrogen-bond acceptors (Lipinski definition) is 2. The van der Waals surface area contributed by atoms with E-state index in [0.29, 0.717) is 18.2 Å². The topological polar surface area (TPSA) is 29.9 Å². The van der Waals surface area contributed by atoms with Gasteiger partial charge >= 0.3 is 0 Å². The van der Waals surface area contributed by atoms with E-state index >= 15 is 0 Å². The van der Waals surface area contributed by atoms with Crippen LogP contribution in [0, 0.1) is 18.6 Å². The van der Waals surface area contributed by atoms with Gasteiger partial charge in [-0.15, -0.1) is 0 Å². The monoisotopic (exact) mass is 277 g/mol. The third-order valence-corrected chi connectivity index (χ3v) is 3.68. The molecule has 0 aliphatic heterocycles. The third kappa shape index (κ3) is 2.88. The summed E-state index contributed by atoms with van der Waals surface area (Å²) in [6, 6.07) is 4.61. The molecule has 0 radical (unpaired) electrons. The Morgan fingerprint density at radius 2 is 2.10 bits per heavy atom. The zero-order valence-corrected chi connectivity index (χ0v) is 11.4. The zero-order valence-electron chi connectivity index (χ0n) is 11.4. The smallest absolute Gasteiger partial charge is 0.159 e. The fraction of sp³-hybridized carbons (Fsp3) is 0.400. The molecule has 1 saturated carbocycles. The van der Waals surface area contributed by atoms with Crippen LogP contribution in [0.1, 0.15) is 29.7 Å². The molecule has 0 spiro atoms. The van der Waals surface area contributed by atoms with Gasteiger partial charge in [0.15, 0.2) is 11.6 Å². The summed E-state index contributed by atoms with van der Waals surface area (Å²) in [4.78, 5) is 0. The predicted octanol–water partition coefficient (Wildman–Crippen LogP) is 2.77. The molecule has 1 N–H and O–H groups in total. The molecule has 3 nitrogen and oxygen atoms in total. The Hall–Kier alpha value is -1.75. The van der Waals surface area contributed by atoms with Gasteiger partial charge in [0.05, 0.1) is 12.7 Å². The van der Waals surface area contributed by atoms with Crippen LogP contribution in [-0.2, 0) is 13.1 Å². The normalized spacial score (nSPS) is 14.8. The number of rotatable bonds is 5. The summed E-state index contributed by atoms with van der Waals surface area (Å²) >= 11 is 0. The summed E-state index contributed by atoms with van der Waals surface area (Å²) in [6.45, 7) is 3.26. The fourth-order valence-corrected chi connectivity index (χ4v) is 2.17. The van der Waals surface area contributed by atoms with Gasteiger partial charge in [-0.25, -0.2) is 8.78 Å². The molecule has 0 bridgehead atoms. The van der Waals surface area contributed by atoms with E-state index in [1.54, 1.807) is 6.07 Å². The molecular weight excluding hydrogens is 260 g/mol. The Balaban J connectivity index is 1.71. The van der Waals surface area contributed by atoms with Crippen molar-refractivity contribution in [3.63, 3.8) is 0 Å². The first kappa shape index (κ1) is 13.2. The molecule has 1 aliphatic carbocycles. The van der Waals surface area contributed by atoms with Gasteiger partial charge in [0.1, 0.15) is 0 Å². The van der Waals surface area contributed by atoms with Crippen molar-refractivity contribution in [2.45, 2.75) is 38.9 Å². The first-order chi connectivity index (χ1) is 9.63. The lowest BCUT2D eigenvalue weighted by molar-refractivity contribution is 0.505. The van der Waals surface area contributed by atoms with Gasteiger partial charge in [-0.3, -0.25) is 4.68 Å². The van der Waals surface area contributed by atoms with Gasteiger partial charge in [0, 0.05) is 23.8 Å². The van der Waals surface area contributed by atoms with Crippen LogP contribution < -0.4 is 5.32 Å². The average Bonchev–Trinajstić information content (AvgIpc) is 3.19. The first-order valence-electron chi connectivity index (χ1n) is 6.82. The molecule has 2 aromatic rings. The van der Waals surface area contributed by atoms with E-state index in [2.05, 4.69) is 10.4 Å². The molecule has 0 atom stereocenters. The first-order valence-corrected chi connectivity index (χ1v) is 6.82. The summed E-state index contributed by atoms with van der Waals surface area (Å²) in [5, 5.41) is 7.77. The summed E-state index contributed by atoms with van der Waals surface area (Å²) in [7, 11) is 0. The Kier molecular flexibility index (Phi) is 3.53. The van der Waals surface area contributed by atoms with Crippen molar-refractivity contribution in [3.05, 3.63) is 52.9 Å². The minimum atomic E-state index is -0.819. The summed E-state index contributed by atoms with van der Waals surface area (Å²) < 4.78 is 27.9. The van der Waals surface area contributed by atoms with Crippen molar-refractivity contribution < 1.29 is 8.78 Å². The molecule has 1 aromatic carbocycles. The van der Waals surface area contributed by atoms with Gasteiger partial charge in [0.2, 0.25) is 0 Å². The van der Waals surface area contributed by atoms with Crippen LogP contribution in [0.4, 0.5) is 8.78 Å². The van der Waals surface area contributed by atoms with Crippen LogP contribution in [0.15, 0.2) is 24.4 Å². The molecule has 5 heteroatoms. The van der Waals surface area contributed by atoms with Crippen LogP contribution in [0.2, 0.25) is 0 Å². The standard InChI is InChI=1S/C15H17F2N3/c1-10-12(7-18-13-3-4-13)8-19-20(10)9-11-2-5-14(16)15(17)6-11/h2,5-6,8,13,18H,3-4,7,9H2,1H3. The van der Waals surface area contributed by atoms with E-state index < -0.39 is 11.6 Å². The van der Waals surface area contributed by atoms with E-state index in [0.717, 1.165) is 23.9 Å². The quantitative estimate of drug-likeness (QED) is 0.910. The average molecular weight is 277 g/mol. The predicted molar refractivity (Wildman–Crippen MR) is 72.3 cm³/mol. The van der Waals surface area contributed by atoms with Crippen molar-refractivity contribution >= 4 is 0 Å². The maximum Gasteiger partial charge on any atom is 0.159 e. The van der Waals surface area contributed by atoms with Gasteiger partial charge in [-0.05, 0) is 37.5 Å². The van der Waals surface area contributed by atoms with Crippen LogP contribution >= 0.6 is 0 Å². The molecule has 1 fully saturated rings. The van der Waals surface area contributed by atoms with Crippen LogP contribution in [0.25, 0.3) is 0 Å². The lowest BCUT2D eigenvalue weighted by atomic mass is 10.2. The number of nitrogens with one attached hydrogen (secondary N) is 1. The van der Waals surface area contributed by atoms with Crippen molar-refractivity contribution in [3.8, 4) is 0 Å². The molecule has 1 aliphatic rings. The molecule has 0 saturated heterocycles. The summed E-state index contributed by atoms with van der Waals surface area (Å²) in [5.41, 5.74) is 2.92. The minimum Gasteiger partial charge on any atom is -0.310 e. The molecule has 3 rings (SSSR count). The van der Waals surface area contributed by atoms with E-state index in [9.17, 15) is 8.78 Å². The van der Waals surface area contributed by atoms with Gasteiger partial charge in [-0.1, -0.05) is 6.07 Å². The highest BCUT2D eigenvalue weighted by atomic mass is 19.2. The Labute approximate surface area is 116 Å². The Morgan fingerprint density at radius 3 is 2.80 bits per heavy atom. The summed E-state index contributed by atoms with van der Waals surface area (Å²) in [5.74, 6) is -1.64. The Morgan fingerprint density at radius 1 is 1.30 bits per heavy atom. The van der Waals surface area contributed by atoms with E-state index in [4.69, 9.17) is 0 Å². The SMILES string of the molecule is Cc1c(CNC2CC2)cnn1Cc1ccc(F)c(F)c1. The highest BCUT2D eigenvalue weighted by Crippen LogP contribution is 2.20. The second-order valence-electron chi connectivity index (χ2n) is 5.32. The van der Waals surface area contributed by atoms with Crippen LogP contribution in [0.3, 0.4) is 0 Å². The molecule has 1 aromatic heterocycles. The highest BCUT2D eigenvalue weighted by molar-refractivity contribution is 5.21. The molecular formula is C15H17F2N3. The molecule has 0 amide bonds. The maximum atomic E-state index is 13.2. The van der Waals surface area contributed by atoms with Gasteiger partial charge in [0.25, 0.3) is 0 Å². The lowest BCUT2D eigenvalue weighted by Crippen LogP contribution is -2.16. The lowest BCUT2D eigenvalue weighted by Gasteiger charge is -2.07. The maximum absolute atomic E-state index is 13.2. The van der Waals surface area contributed by atoms with Crippen LogP contribution in [0.5, 0.6) is 0 Å². The second-order valence-corrected chi connectivity index (χ2v) is 5.32. The highest BCUT2D eigenvalue weighted by Gasteiger charge is 2.20. The van der Waals surface area contributed by atoms with Crippen LogP contribution in [-0.4, -0.2) is 15.8 Å². The largest absolute Gasteiger partial charge is 0.310 e. The van der Waals surface area contributed by atoms with Crippen molar-refractivity contribution in [1.82, 2.24) is 15.1 Å². The van der Waals surface area contributed by atoms with Crippen molar-refractivity contribution in [2.24, 2.45) is 0 Å². The third-order valence-electron chi connectivity index (χ3n) is 3.68.